The zero-order valence-corrected chi connectivity index (χ0v) is 19.0. The molecule has 2 fully saturated rings. The Morgan fingerprint density at radius 3 is 2.40 bits per heavy atom. The van der Waals surface area contributed by atoms with E-state index in [4.69, 9.17) is 4.74 Å². The van der Waals surface area contributed by atoms with E-state index in [2.05, 4.69) is 61.5 Å². The number of nitrogens with zero attached hydrogens (tertiary/aromatic N) is 3. The van der Waals surface area contributed by atoms with Crippen molar-refractivity contribution < 1.29 is 9.53 Å². The van der Waals surface area contributed by atoms with Crippen molar-refractivity contribution in [3.63, 3.8) is 0 Å². The van der Waals surface area contributed by atoms with Crippen molar-refractivity contribution in [2.75, 3.05) is 20.2 Å². The summed E-state index contributed by atoms with van der Waals surface area (Å²) in [4.78, 5) is 22.2. The number of carbonyl (C=O) groups is 1. The summed E-state index contributed by atoms with van der Waals surface area (Å²) in [7, 11) is 1.72. The van der Waals surface area contributed by atoms with Gasteiger partial charge in [0.1, 0.15) is 5.75 Å². The van der Waals surface area contributed by atoms with Crippen LogP contribution in [0.3, 0.4) is 0 Å². The number of pyridine rings is 1. The molecule has 1 aromatic heterocycles. The fourth-order valence-corrected chi connectivity index (χ4v) is 5.13. The molecule has 3 atom stereocenters. The number of rotatable bonds is 5. The van der Waals surface area contributed by atoms with E-state index in [1.807, 2.05) is 12.1 Å². The maximum Gasteiger partial charge on any atom is 0.255 e. The van der Waals surface area contributed by atoms with Crippen LogP contribution >= 0.6 is 0 Å². The number of carbonyl (C=O) groups excluding carboxylic acids is 1. The molecular formula is C25H33N3O2. The summed E-state index contributed by atoms with van der Waals surface area (Å²) in [5.74, 6) is 1.44. The van der Waals surface area contributed by atoms with Crippen LogP contribution in [0.2, 0.25) is 0 Å². The molecule has 0 N–H and O–H groups in total. The van der Waals surface area contributed by atoms with E-state index in [1.165, 1.54) is 16.7 Å². The Labute approximate surface area is 180 Å². The molecule has 2 saturated heterocycles. The maximum absolute atomic E-state index is 13.1. The van der Waals surface area contributed by atoms with Crippen molar-refractivity contribution in [2.24, 2.45) is 0 Å². The first-order chi connectivity index (χ1) is 14.3. The number of aromatic nitrogens is 1. The van der Waals surface area contributed by atoms with Crippen LogP contribution in [0.4, 0.5) is 0 Å². The third-order valence-corrected chi connectivity index (χ3v) is 7.12. The predicted molar refractivity (Wildman–Crippen MR) is 119 cm³/mol. The van der Waals surface area contributed by atoms with Crippen molar-refractivity contribution >= 4 is 5.91 Å². The largest absolute Gasteiger partial charge is 0.496 e. The fourth-order valence-electron chi connectivity index (χ4n) is 5.13. The number of ether oxygens (including phenoxy) is 1. The number of likely N-dealkylation sites (tertiary alicyclic amines) is 2. The third kappa shape index (κ3) is 3.49. The molecule has 5 nitrogen and oxygen atoms in total. The van der Waals surface area contributed by atoms with Crippen LogP contribution in [0.25, 0.3) is 0 Å². The van der Waals surface area contributed by atoms with Gasteiger partial charge in [0, 0.05) is 43.1 Å². The van der Waals surface area contributed by atoms with Crippen molar-refractivity contribution in [1.82, 2.24) is 14.8 Å². The second kappa shape index (κ2) is 8.03. The summed E-state index contributed by atoms with van der Waals surface area (Å²) >= 11 is 0. The molecule has 2 bridgehead atoms. The van der Waals surface area contributed by atoms with Crippen molar-refractivity contribution in [2.45, 2.75) is 65.1 Å². The quantitative estimate of drug-likeness (QED) is 0.733. The summed E-state index contributed by atoms with van der Waals surface area (Å²) in [5.41, 5.74) is 5.59. The smallest absolute Gasteiger partial charge is 0.255 e. The second-order valence-corrected chi connectivity index (χ2v) is 9.11. The van der Waals surface area contributed by atoms with Gasteiger partial charge in [-0.3, -0.25) is 14.7 Å². The molecule has 2 aliphatic rings. The van der Waals surface area contributed by atoms with Gasteiger partial charge in [-0.1, -0.05) is 19.9 Å². The monoisotopic (exact) mass is 407 g/mol. The van der Waals surface area contributed by atoms with Gasteiger partial charge >= 0.3 is 0 Å². The summed E-state index contributed by atoms with van der Waals surface area (Å²) < 4.78 is 5.48. The average molecular weight is 408 g/mol. The highest BCUT2D eigenvalue weighted by atomic mass is 16.5. The molecule has 0 saturated carbocycles. The fraction of sp³-hybridized carbons (Fsp3) is 0.520. The molecule has 160 valence electrons. The minimum absolute atomic E-state index is 0.120. The number of hydrogen-bond acceptors (Lipinski definition) is 4. The van der Waals surface area contributed by atoms with Crippen molar-refractivity contribution in [3.8, 4) is 5.75 Å². The highest BCUT2D eigenvalue weighted by Gasteiger charge is 2.47. The van der Waals surface area contributed by atoms with Crippen LogP contribution in [-0.4, -0.2) is 53.0 Å². The Bertz CT molecular complexity index is 938. The average Bonchev–Trinajstić information content (AvgIpc) is 3.36. The van der Waals surface area contributed by atoms with Crippen molar-refractivity contribution in [3.05, 3.63) is 58.4 Å². The molecule has 1 aromatic carbocycles. The van der Waals surface area contributed by atoms with Gasteiger partial charge in [-0.05, 0) is 68.0 Å². The molecule has 0 radical (unpaired) electrons. The van der Waals surface area contributed by atoms with E-state index < -0.39 is 0 Å². The number of benzene rings is 1. The van der Waals surface area contributed by atoms with Gasteiger partial charge in [0.05, 0.1) is 12.7 Å². The zero-order valence-electron chi connectivity index (χ0n) is 19.0. The van der Waals surface area contributed by atoms with E-state index in [9.17, 15) is 4.79 Å². The van der Waals surface area contributed by atoms with Gasteiger partial charge in [0.25, 0.3) is 5.91 Å². The number of piperazine rings is 1. The predicted octanol–water partition coefficient (Wildman–Crippen LogP) is 4.49. The topological polar surface area (TPSA) is 45.7 Å². The van der Waals surface area contributed by atoms with Crippen LogP contribution in [0.15, 0.2) is 30.5 Å². The number of hydrogen-bond donors (Lipinski definition) is 0. The lowest BCUT2D eigenvalue weighted by molar-refractivity contribution is 0.0568. The van der Waals surface area contributed by atoms with Crippen LogP contribution < -0.4 is 4.74 Å². The lowest BCUT2D eigenvalue weighted by atomic mass is 9.96. The molecule has 30 heavy (non-hydrogen) atoms. The second-order valence-electron chi connectivity index (χ2n) is 9.11. The summed E-state index contributed by atoms with van der Waals surface area (Å²) in [6.07, 6.45) is 2.80. The highest BCUT2D eigenvalue weighted by Crippen LogP contribution is 2.39. The molecular weight excluding hydrogens is 374 g/mol. The minimum atomic E-state index is 0.120. The van der Waals surface area contributed by atoms with Crippen LogP contribution in [0, 0.1) is 13.8 Å². The Hall–Kier alpha value is -2.40. The molecule has 0 aliphatic carbocycles. The lowest BCUT2D eigenvalue weighted by Crippen LogP contribution is -2.49. The van der Waals surface area contributed by atoms with Crippen LogP contribution in [-0.2, 0) is 0 Å². The molecule has 2 aromatic rings. The van der Waals surface area contributed by atoms with E-state index in [1.54, 1.807) is 13.3 Å². The SMILES string of the molecule is COc1ccc([C@H](C)N2C[C@H]3C[C@@H]2CN3C(=O)c2ccc(C(C)C)nc2)c(C)c1C. The molecule has 1 amide bonds. The number of methoxy groups -OCH3 is 1. The first kappa shape index (κ1) is 20.9. The van der Waals surface area contributed by atoms with Crippen LogP contribution in [0.1, 0.15) is 71.9 Å². The molecule has 0 unspecified atom stereocenters. The van der Waals surface area contributed by atoms with Gasteiger partial charge < -0.3 is 9.64 Å². The first-order valence-corrected chi connectivity index (χ1v) is 11.0. The Morgan fingerprint density at radius 1 is 1.07 bits per heavy atom. The van der Waals surface area contributed by atoms with E-state index in [-0.39, 0.29) is 11.9 Å². The number of amides is 1. The zero-order chi connectivity index (χ0) is 21.6. The summed E-state index contributed by atoms with van der Waals surface area (Å²) in [6, 6.07) is 9.21. The number of fused-ring (bicyclic) bond motifs is 2. The van der Waals surface area contributed by atoms with Crippen molar-refractivity contribution in [1.29, 1.82) is 0 Å². The van der Waals surface area contributed by atoms with Gasteiger partial charge in [-0.25, -0.2) is 0 Å². The molecule has 5 heteroatoms. The molecule has 3 heterocycles. The maximum atomic E-state index is 13.1. The first-order valence-electron chi connectivity index (χ1n) is 11.0. The van der Waals surface area contributed by atoms with E-state index >= 15 is 0 Å². The molecule has 0 spiro atoms. The molecule has 4 rings (SSSR count). The van der Waals surface area contributed by atoms with Gasteiger partial charge in [-0.2, -0.15) is 0 Å². The van der Waals surface area contributed by atoms with E-state index in [0.29, 0.717) is 23.6 Å². The Morgan fingerprint density at radius 2 is 1.83 bits per heavy atom. The van der Waals surface area contributed by atoms with Crippen LogP contribution in [0.5, 0.6) is 5.75 Å². The van der Waals surface area contributed by atoms with Gasteiger partial charge in [0.2, 0.25) is 0 Å². The normalized spacial score (nSPS) is 22.0. The van der Waals surface area contributed by atoms with Gasteiger partial charge in [-0.15, -0.1) is 0 Å². The summed E-state index contributed by atoms with van der Waals surface area (Å²) in [5, 5.41) is 0. The third-order valence-electron chi connectivity index (χ3n) is 7.12. The van der Waals surface area contributed by atoms with E-state index in [0.717, 1.165) is 31.0 Å². The lowest BCUT2D eigenvalue weighted by Gasteiger charge is -2.38. The Kier molecular flexibility index (Phi) is 5.58. The minimum Gasteiger partial charge on any atom is -0.496 e. The Balaban J connectivity index is 1.46. The summed E-state index contributed by atoms with van der Waals surface area (Å²) in [6.45, 7) is 12.6. The molecule has 2 aliphatic heterocycles. The highest BCUT2D eigenvalue weighted by molar-refractivity contribution is 5.94. The standard InChI is InChI=1S/C25H33N3O2/c1-15(2)23-9-7-19(12-26-23)25(29)28-14-20-11-21(28)13-27(20)18(5)22-8-10-24(30-6)17(4)16(22)3/h7-10,12,15,18,20-21H,11,13-14H2,1-6H3/t18-,20+,21+/m0/s1. The van der Waals surface area contributed by atoms with Gasteiger partial charge in [0.15, 0.2) is 0 Å².